The number of nitrogens with zero attached hydrogens (tertiary/aromatic N) is 2. The molecule has 1 heterocycles. The number of hydrogen-bond donors (Lipinski definition) is 2. The van der Waals surface area contributed by atoms with Gasteiger partial charge in [-0.2, -0.15) is 0 Å². The molecule has 0 aliphatic heterocycles. The number of anilines is 3. The van der Waals surface area contributed by atoms with E-state index in [1.807, 2.05) is 31.2 Å². The first-order valence-corrected chi connectivity index (χ1v) is 9.44. The van der Waals surface area contributed by atoms with Gasteiger partial charge in [0.25, 0.3) is 0 Å². The zero-order valence-electron chi connectivity index (χ0n) is 16.3. The van der Waals surface area contributed by atoms with Gasteiger partial charge in [0.2, 0.25) is 0 Å². The number of allylic oxidation sites excluding steroid dienone is 1. The third-order valence-corrected chi connectivity index (χ3v) is 4.64. The summed E-state index contributed by atoms with van der Waals surface area (Å²) in [5, 5.41) is 6.73. The zero-order valence-corrected chi connectivity index (χ0v) is 16.3. The Labute approximate surface area is 161 Å². The number of benzene rings is 1. The van der Waals surface area contributed by atoms with Crippen molar-refractivity contribution in [3.63, 3.8) is 0 Å². The Morgan fingerprint density at radius 3 is 2.63 bits per heavy atom. The maximum Gasteiger partial charge on any atom is 0.142 e. The van der Waals surface area contributed by atoms with Crippen molar-refractivity contribution in [2.75, 3.05) is 31.4 Å². The molecule has 2 aromatic rings. The molecule has 0 unspecified atom stereocenters. The number of aromatic nitrogens is 2. The van der Waals surface area contributed by atoms with Crippen LogP contribution in [0.2, 0.25) is 0 Å². The quantitative estimate of drug-likeness (QED) is 0.649. The summed E-state index contributed by atoms with van der Waals surface area (Å²) >= 11 is 0. The second-order valence-corrected chi connectivity index (χ2v) is 6.66. The smallest absolute Gasteiger partial charge is 0.142 e. The summed E-state index contributed by atoms with van der Waals surface area (Å²) in [5.74, 6) is 3.73. The standard InChI is InChI=1S/C21H28N4O2/c1-15-23-20(22-12-11-16-7-5-4-6-8-16)14-21(24-15)25-18-13-17(26-2)9-10-19(18)27-3/h7,9-10,13-14H,4-6,8,11-12H2,1-3H3,(H2,22,23,24,25). The third kappa shape index (κ3) is 5.36. The van der Waals surface area contributed by atoms with Gasteiger partial charge in [-0.05, 0) is 51.2 Å². The molecule has 144 valence electrons. The van der Waals surface area contributed by atoms with Crippen LogP contribution in [-0.4, -0.2) is 30.7 Å². The van der Waals surface area contributed by atoms with Gasteiger partial charge in [-0.15, -0.1) is 0 Å². The molecule has 0 saturated heterocycles. The van der Waals surface area contributed by atoms with Crippen LogP contribution < -0.4 is 20.1 Å². The predicted molar refractivity (Wildman–Crippen MR) is 109 cm³/mol. The van der Waals surface area contributed by atoms with Crippen LogP contribution in [0.5, 0.6) is 11.5 Å². The largest absolute Gasteiger partial charge is 0.497 e. The lowest BCUT2D eigenvalue weighted by molar-refractivity contribution is 0.405. The highest BCUT2D eigenvalue weighted by molar-refractivity contribution is 5.67. The predicted octanol–water partition coefficient (Wildman–Crippen LogP) is 4.85. The normalized spacial score (nSPS) is 13.7. The van der Waals surface area contributed by atoms with Gasteiger partial charge in [-0.1, -0.05) is 11.6 Å². The third-order valence-electron chi connectivity index (χ3n) is 4.64. The first kappa shape index (κ1) is 19.0. The monoisotopic (exact) mass is 368 g/mol. The van der Waals surface area contributed by atoms with Crippen LogP contribution in [0.25, 0.3) is 0 Å². The van der Waals surface area contributed by atoms with Gasteiger partial charge < -0.3 is 20.1 Å². The summed E-state index contributed by atoms with van der Waals surface area (Å²) in [6, 6.07) is 7.54. The minimum atomic E-state index is 0.709. The highest BCUT2D eigenvalue weighted by Crippen LogP contribution is 2.31. The molecule has 1 aromatic carbocycles. The summed E-state index contributed by atoms with van der Waals surface area (Å²) in [7, 11) is 3.29. The molecule has 0 bridgehead atoms. The topological polar surface area (TPSA) is 68.3 Å². The molecule has 2 N–H and O–H groups in total. The van der Waals surface area contributed by atoms with E-state index in [2.05, 4.69) is 26.7 Å². The molecule has 0 fully saturated rings. The summed E-state index contributed by atoms with van der Waals surface area (Å²) < 4.78 is 10.7. The van der Waals surface area contributed by atoms with Crippen molar-refractivity contribution in [3.8, 4) is 11.5 Å². The molecule has 1 aliphatic rings. The molecule has 0 amide bonds. The van der Waals surface area contributed by atoms with Gasteiger partial charge in [0.15, 0.2) is 0 Å². The lowest BCUT2D eigenvalue weighted by Crippen LogP contribution is -2.08. The maximum absolute atomic E-state index is 5.43. The molecule has 0 saturated carbocycles. The van der Waals surface area contributed by atoms with Crippen LogP contribution in [0.1, 0.15) is 37.9 Å². The van der Waals surface area contributed by atoms with Gasteiger partial charge in [0.05, 0.1) is 19.9 Å². The fraction of sp³-hybridized carbons (Fsp3) is 0.429. The average Bonchev–Trinajstić information content (AvgIpc) is 2.68. The maximum atomic E-state index is 5.43. The highest BCUT2D eigenvalue weighted by Gasteiger charge is 2.09. The first-order chi connectivity index (χ1) is 13.2. The van der Waals surface area contributed by atoms with Crippen LogP contribution in [0, 0.1) is 6.92 Å². The lowest BCUT2D eigenvalue weighted by atomic mass is 9.97. The van der Waals surface area contributed by atoms with Gasteiger partial charge >= 0.3 is 0 Å². The number of methoxy groups -OCH3 is 2. The second kappa shape index (κ2) is 9.26. The number of rotatable bonds is 8. The van der Waals surface area contributed by atoms with E-state index in [1.165, 1.54) is 25.7 Å². The highest BCUT2D eigenvalue weighted by atomic mass is 16.5. The van der Waals surface area contributed by atoms with Crippen LogP contribution >= 0.6 is 0 Å². The lowest BCUT2D eigenvalue weighted by Gasteiger charge is -2.15. The van der Waals surface area contributed by atoms with Gasteiger partial charge in [0, 0.05) is 18.7 Å². The van der Waals surface area contributed by atoms with E-state index in [0.717, 1.165) is 36.0 Å². The average molecular weight is 368 g/mol. The molecular formula is C21H28N4O2. The molecule has 27 heavy (non-hydrogen) atoms. The van der Waals surface area contributed by atoms with Crippen molar-refractivity contribution in [2.24, 2.45) is 0 Å². The molecule has 0 atom stereocenters. The van der Waals surface area contributed by atoms with E-state index in [0.29, 0.717) is 11.6 Å². The fourth-order valence-corrected chi connectivity index (χ4v) is 3.25. The Balaban J connectivity index is 1.69. The van der Waals surface area contributed by atoms with Gasteiger partial charge in [-0.3, -0.25) is 0 Å². The Kier molecular flexibility index (Phi) is 6.52. The van der Waals surface area contributed by atoms with Crippen molar-refractivity contribution < 1.29 is 9.47 Å². The zero-order chi connectivity index (χ0) is 19.1. The first-order valence-electron chi connectivity index (χ1n) is 9.44. The molecule has 0 radical (unpaired) electrons. The number of nitrogens with one attached hydrogen (secondary N) is 2. The SMILES string of the molecule is COc1ccc(OC)c(Nc2cc(NCCC3=CCCCC3)nc(C)n2)c1. The molecule has 6 nitrogen and oxygen atoms in total. The van der Waals surface area contributed by atoms with Crippen LogP contribution in [-0.2, 0) is 0 Å². The van der Waals surface area contributed by atoms with E-state index in [-0.39, 0.29) is 0 Å². The molecule has 1 aliphatic carbocycles. The molecular weight excluding hydrogens is 340 g/mol. The fourth-order valence-electron chi connectivity index (χ4n) is 3.25. The Morgan fingerprint density at radius 2 is 1.89 bits per heavy atom. The van der Waals surface area contributed by atoms with Crippen molar-refractivity contribution in [1.82, 2.24) is 9.97 Å². The molecule has 0 spiro atoms. The number of hydrogen-bond acceptors (Lipinski definition) is 6. The summed E-state index contributed by atoms with van der Waals surface area (Å²) in [5.41, 5.74) is 2.35. The van der Waals surface area contributed by atoms with Crippen LogP contribution in [0.3, 0.4) is 0 Å². The second-order valence-electron chi connectivity index (χ2n) is 6.66. The van der Waals surface area contributed by atoms with Crippen LogP contribution in [0.4, 0.5) is 17.3 Å². The van der Waals surface area contributed by atoms with E-state index in [9.17, 15) is 0 Å². The Bertz CT molecular complexity index is 805. The van der Waals surface area contributed by atoms with Crippen molar-refractivity contribution in [3.05, 3.63) is 41.7 Å². The molecule has 6 heteroatoms. The van der Waals surface area contributed by atoms with Gasteiger partial charge in [-0.25, -0.2) is 9.97 Å². The number of ether oxygens (including phenoxy) is 2. The van der Waals surface area contributed by atoms with E-state index >= 15 is 0 Å². The summed E-state index contributed by atoms with van der Waals surface area (Å²) in [4.78, 5) is 8.98. The minimum Gasteiger partial charge on any atom is -0.497 e. The van der Waals surface area contributed by atoms with Crippen LogP contribution in [0.15, 0.2) is 35.9 Å². The van der Waals surface area contributed by atoms with E-state index in [4.69, 9.17) is 9.47 Å². The Morgan fingerprint density at radius 1 is 1.04 bits per heavy atom. The summed E-state index contributed by atoms with van der Waals surface area (Å²) in [6.07, 6.45) is 8.54. The van der Waals surface area contributed by atoms with E-state index in [1.54, 1.807) is 19.8 Å². The Hall–Kier alpha value is -2.76. The summed E-state index contributed by atoms with van der Waals surface area (Å²) in [6.45, 7) is 2.77. The minimum absolute atomic E-state index is 0.709. The van der Waals surface area contributed by atoms with Crippen molar-refractivity contribution in [2.45, 2.75) is 39.0 Å². The molecule has 3 rings (SSSR count). The van der Waals surface area contributed by atoms with Crippen molar-refractivity contribution in [1.29, 1.82) is 0 Å². The molecule has 1 aromatic heterocycles. The van der Waals surface area contributed by atoms with Gasteiger partial charge in [0.1, 0.15) is 29.0 Å². The van der Waals surface area contributed by atoms with E-state index < -0.39 is 0 Å². The van der Waals surface area contributed by atoms with Crippen molar-refractivity contribution >= 4 is 17.3 Å². The number of aryl methyl sites for hydroxylation is 1.